The number of benzene rings is 3. The smallest absolute Gasteiger partial charge is 0.300 e. The number of aliphatic hydroxyl groups is 1. The van der Waals surface area contributed by atoms with Crippen LogP contribution in [0.15, 0.2) is 84.4 Å². The van der Waals surface area contributed by atoms with Gasteiger partial charge < -0.3 is 5.11 Å². The Bertz CT molecular complexity index is 1230. The largest absolute Gasteiger partial charge is 0.507 e. The monoisotopic (exact) mass is 414 g/mol. The molecule has 0 aliphatic carbocycles. The van der Waals surface area contributed by atoms with E-state index in [1.807, 2.05) is 13.0 Å². The van der Waals surface area contributed by atoms with E-state index in [0.29, 0.717) is 16.8 Å². The average Bonchev–Trinajstić information content (AvgIpc) is 3.04. The highest BCUT2D eigenvalue weighted by Gasteiger charge is 2.47. The molecule has 1 heterocycles. The van der Waals surface area contributed by atoms with Crippen LogP contribution in [0.2, 0.25) is 0 Å². The summed E-state index contributed by atoms with van der Waals surface area (Å²) in [6.07, 6.45) is 0. The van der Waals surface area contributed by atoms with Gasteiger partial charge in [-0.1, -0.05) is 54.6 Å². The van der Waals surface area contributed by atoms with Gasteiger partial charge in [0.2, 0.25) is 0 Å². The lowest BCUT2D eigenvalue weighted by Gasteiger charge is -2.25. The first-order valence-electron chi connectivity index (χ1n) is 9.56. The van der Waals surface area contributed by atoms with Crippen molar-refractivity contribution in [2.45, 2.75) is 13.0 Å². The van der Waals surface area contributed by atoms with Gasteiger partial charge in [0, 0.05) is 23.4 Å². The number of nitrogens with zero attached hydrogens (tertiary/aromatic N) is 2. The van der Waals surface area contributed by atoms with Crippen molar-refractivity contribution in [1.29, 1.82) is 0 Å². The predicted octanol–water partition coefficient (Wildman–Crippen LogP) is 4.53. The van der Waals surface area contributed by atoms with Crippen LogP contribution >= 0.6 is 0 Å². The van der Waals surface area contributed by atoms with Crippen LogP contribution in [0.5, 0.6) is 0 Å². The molecule has 154 valence electrons. The third-order valence-electron chi connectivity index (χ3n) is 5.17. The van der Waals surface area contributed by atoms with Gasteiger partial charge in [0.25, 0.3) is 17.4 Å². The molecule has 0 aromatic heterocycles. The molecule has 0 bridgehead atoms. The topological polar surface area (TPSA) is 101 Å². The van der Waals surface area contributed by atoms with Crippen molar-refractivity contribution < 1.29 is 19.6 Å². The molecule has 0 unspecified atom stereocenters. The maximum atomic E-state index is 13.1. The summed E-state index contributed by atoms with van der Waals surface area (Å²) in [7, 11) is 0. The van der Waals surface area contributed by atoms with Crippen LogP contribution < -0.4 is 4.90 Å². The lowest BCUT2D eigenvalue weighted by atomic mass is 9.94. The molecule has 0 radical (unpaired) electrons. The lowest BCUT2D eigenvalue weighted by Crippen LogP contribution is -2.29. The second kappa shape index (κ2) is 7.87. The Kier molecular flexibility index (Phi) is 5.09. The van der Waals surface area contributed by atoms with Crippen molar-refractivity contribution in [1.82, 2.24) is 0 Å². The van der Waals surface area contributed by atoms with Crippen molar-refractivity contribution in [2.75, 3.05) is 4.90 Å². The number of rotatable bonds is 4. The van der Waals surface area contributed by atoms with Gasteiger partial charge in [0.15, 0.2) is 0 Å². The summed E-state index contributed by atoms with van der Waals surface area (Å²) in [5.74, 6) is -1.98. The summed E-state index contributed by atoms with van der Waals surface area (Å²) in [4.78, 5) is 38.2. The molecule has 7 heteroatoms. The molecule has 1 saturated heterocycles. The summed E-state index contributed by atoms with van der Waals surface area (Å²) in [6, 6.07) is 20.2. The van der Waals surface area contributed by atoms with Crippen molar-refractivity contribution in [3.63, 3.8) is 0 Å². The molecule has 3 aromatic carbocycles. The van der Waals surface area contributed by atoms with Crippen LogP contribution in [0.4, 0.5) is 11.4 Å². The summed E-state index contributed by atoms with van der Waals surface area (Å²) in [5, 5.41) is 22.3. The number of nitro benzene ring substituents is 1. The van der Waals surface area contributed by atoms with E-state index in [9.17, 15) is 24.8 Å². The lowest BCUT2D eigenvalue weighted by molar-refractivity contribution is -0.384. The van der Waals surface area contributed by atoms with Gasteiger partial charge in [0.05, 0.1) is 16.5 Å². The second-order valence-electron chi connectivity index (χ2n) is 7.23. The molecule has 1 amide bonds. The molecule has 7 nitrogen and oxygen atoms in total. The third kappa shape index (κ3) is 3.57. The van der Waals surface area contributed by atoms with Gasteiger partial charge in [-0.2, -0.15) is 0 Å². The molecule has 0 spiro atoms. The van der Waals surface area contributed by atoms with Gasteiger partial charge in [-0.05, 0) is 30.2 Å². The van der Waals surface area contributed by atoms with Crippen LogP contribution in [0.3, 0.4) is 0 Å². The fourth-order valence-corrected chi connectivity index (χ4v) is 3.75. The minimum absolute atomic E-state index is 0.113. The van der Waals surface area contributed by atoms with E-state index in [0.717, 1.165) is 5.56 Å². The number of aryl methyl sites for hydroxylation is 1. The predicted molar refractivity (Wildman–Crippen MR) is 116 cm³/mol. The first kappa shape index (κ1) is 20.0. The number of anilines is 1. The van der Waals surface area contributed by atoms with Crippen molar-refractivity contribution in [3.8, 4) is 0 Å². The molecule has 1 atom stereocenters. The van der Waals surface area contributed by atoms with Crippen LogP contribution in [-0.2, 0) is 9.59 Å². The fourth-order valence-electron chi connectivity index (χ4n) is 3.75. The minimum Gasteiger partial charge on any atom is -0.507 e. The van der Waals surface area contributed by atoms with E-state index in [4.69, 9.17) is 0 Å². The normalized spacial score (nSPS) is 17.7. The zero-order chi connectivity index (χ0) is 22.1. The molecule has 1 N–H and O–H groups in total. The molecule has 4 rings (SSSR count). The Morgan fingerprint density at radius 2 is 1.68 bits per heavy atom. The number of Topliss-reactive ketones (excluding diaryl/α,β-unsaturated/α-hetero) is 1. The highest BCUT2D eigenvalue weighted by Crippen LogP contribution is 2.42. The van der Waals surface area contributed by atoms with E-state index >= 15 is 0 Å². The van der Waals surface area contributed by atoms with E-state index in [1.54, 1.807) is 54.6 Å². The van der Waals surface area contributed by atoms with Crippen molar-refractivity contribution in [2.24, 2.45) is 0 Å². The van der Waals surface area contributed by atoms with Gasteiger partial charge in [-0.25, -0.2) is 0 Å². The third-order valence-corrected chi connectivity index (χ3v) is 5.17. The van der Waals surface area contributed by atoms with Crippen molar-refractivity contribution >= 4 is 28.8 Å². The highest BCUT2D eigenvalue weighted by molar-refractivity contribution is 6.51. The van der Waals surface area contributed by atoms with Gasteiger partial charge >= 0.3 is 0 Å². The Morgan fingerprint density at radius 3 is 2.35 bits per heavy atom. The first-order valence-corrected chi connectivity index (χ1v) is 9.56. The highest BCUT2D eigenvalue weighted by atomic mass is 16.6. The number of nitro groups is 1. The van der Waals surface area contributed by atoms with Crippen molar-refractivity contribution in [3.05, 3.63) is 111 Å². The minimum atomic E-state index is -1.01. The first-order chi connectivity index (χ1) is 14.9. The number of hydrogen-bond acceptors (Lipinski definition) is 5. The van der Waals surface area contributed by atoms with Gasteiger partial charge in [-0.3, -0.25) is 24.6 Å². The Labute approximate surface area is 178 Å². The summed E-state index contributed by atoms with van der Waals surface area (Å²) >= 11 is 0. The number of ketones is 1. The quantitative estimate of drug-likeness (QED) is 0.222. The SMILES string of the molecule is Cc1cccc(N2C(=O)C(=O)C(=C(O)c3ccccc3)[C@H]2c2cccc([N+](=O)[O-])c2)c1. The van der Waals surface area contributed by atoms with Gasteiger partial charge in [0.1, 0.15) is 5.76 Å². The average molecular weight is 414 g/mol. The fraction of sp³-hybridized carbons (Fsp3) is 0.0833. The van der Waals surface area contributed by atoms with Crippen LogP contribution in [0.1, 0.15) is 22.7 Å². The molecule has 1 fully saturated rings. The van der Waals surface area contributed by atoms with E-state index in [2.05, 4.69) is 0 Å². The Morgan fingerprint density at radius 1 is 0.968 bits per heavy atom. The van der Waals surface area contributed by atoms with Crippen LogP contribution in [-0.4, -0.2) is 21.7 Å². The Balaban J connectivity index is 1.98. The maximum absolute atomic E-state index is 13.1. The molecule has 0 saturated carbocycles. The number of aliphatic hydroxyl groups excluding tert-OH is 1. The summed E-state index contributed by atoms with van der Waals surface area (Å²) < 4.78 is 0. The van der Waals surface area contributed by atoms with E-state index in [-0.39, 0.29) is 17.0 Å². The molecular formula is C24H18N2O5. The number of hydrogen-bond donors (Lipinski definition) is 1. The number of carbonyl (C=O) groups excluding carboxylic acids is 2. The van der Waals surface area contributed by atoms with Gasteiger partial charge in [-0.15, -0.1) is 0 Å². The molecule has 31 heavy (non-hydrogen) atoms. The summed E-state index contributed by atoms with van der Waals surface area (Å²) in [5.41, 5.74) is 1.78. The number of carbonyl (C=O) groups is 2. The maximum Gasteiger partial charge on any atom is 0.300 e. The molecule has 1 aliphatic rings. The Hall–Kier alpha value is -4.26. The van der Waals surface area contributed by atoms with Crippen LogP contribution in [0.25, 0.3) is 5.76 Å². The van der Waals surface area contributed by atoms with Crippen LogP contribution in [0, 0.1) is 17.0 Å². The zero-order valence-electron chi connectivity index (χ0n) is 16.6. The number of amides is 1. The summed E-state index contributed by atoms with van der Waals surface area (Å²) in [6.45, 7) is 1.85. The molecule has 3 aromatic rings. The van der Waals surface area contributed by atoms with E-state index < -0.39 is 22.7 Å². The standard InChI is InChI=1S/C24H18N2O5/c1-15-7-5-11-18(13-15)25-21(17-10-6-12-19(14-17)26(30)31)20(23(28)24(25)29)22(27)16-8-3-2-4-9-16/h2-14,21,27H,1H3/t21-/m1/s1. The number of non-ortho nitro benzene ring substituents is 1. The molecular weight excluding hydrogens is 396 g/mol. The second-order valence-corrected chi connectivity index (χ2v) is 7.23. The zero-order valence-corrected chi connectivity index (χ0v) is 16.6. The molecule has 1 aliphatic heterocycles. The van der Waals surface area contributed by atoms with E-state index in [1.165, 1.54) is 23.1 Å².